The Bertz CT molecular complexity index is 605. The van der Waals surface area contributed by atoms with Crippen molar-refractivity contribution in [3.05, 3.63) is 29.8 Å². The van der Waals surface area contributed by atoms with Crippen molar-refractivity contribution in [2.45, 2.75) is 50.0 Å². The number of carbonyl (C=O) groups is 1. The lowest BCUT2D eigenvalue weighted by Gasteiger charge is -2.23. The van der Waals surface area contributed by atoms with Gasteiger partial charge in [-0.2, -0.15) is 0 Å². The Morgan fingerprint density at radius 3 is 2.29 bits per heavy atom. The molecule has 1 heterocycles. The van der Waals surface area contributed by atoms with E-state index in [9.17, 15) is 13.2 Å². The number of sulfonamides is 1. The Labute approximate surface area is 126 Å². The van der Waals surface area contributed by atoms with Gasteiger partial charge < -0.3 is 5.32 Å². The summed E-state index contributed by atoms with van der Waals surface area (Å²) in [7, 11) is -3.54. The standard InChI is InChI=1S/C15H22N2O3S/c1-15(2,3)11-4-7-13(8-5-11)21(19,20)17-12-6-9-14(18)16-10-12/h4-5,7-8,12,17H,6,9-10H2,1-3H3,(H,16,18). The first kappa shape index (κ1) is 16.0. The van der Waals surface area contributed by atoms with Crippen LogP contribution in [0.5, 0.6) is 0 Å². The number of hydrogen-bond acceptors (Lipinski definition) is 3. The predicted molar refractivity (Wildman–Crippen MR) is 81.5 cm³/mol. The van der Waals surface area contributed by atoms with Crippen molar-refractivity contribution in [2.75, 3.05) is 6.54 Å². The highest BCUT2D eigenvalue weighted by atomic mass is 32.2. The number of hydrogen-bond donors (Lipinski definition) is 2. The average Bonchev–Trinajstić information content (AvgIpc) is 2.40. The molecule has 0 aromatic heterocycles. The van der Waals surface area contributed by atoms with Crippen molar-refractivity contribution < 1.29 is 13.2 Å². The summed E-state index contributed by atoms with van der Waals surface area (Å²) in [5, 5.41) is 2.67. The van der Waals surface area contributed by atoms with Crippen molar-refractivity contribution in [2.24, 2.45) is 0 Å². The van der Waals surface area contributed by atoms with Gasteiger partial charge in [0.05, 0.1) is 4.90 Å². The quantitative estimate of drug-likeness (QED) is 0.889. The summed E-state index contributed by atoms with van der Waals surface area (Å²) in [4.78, 5) is 11.3. The van der Waals surface area contributed by atoms with Gasteiger partial charge in [0, 0.05) is 19.0 Å². The Hall–Kier alpha value is -1.40. The molecule has 0 bridgehead atoms. The van der Waals surface area contributed by atoms with Gasteiger partial charge in [0.1, 0.15) is 0 Å². The third-order valence-electron chi connectivity index (χ3n) is 3.62. The minimum Gasteiger partial charge on any atom is -0.355 e. The summed E-state index contributed by atoms with van der Waals surface area (Å²) < 4.78 is 27.3. The van der Waals surface area contributed by atoms with E-state index in [2.05, 4.69) is 30.8 Å². The highest BCUT2D eigenvalue weighted by molar-refractivity contribution is 7.89. The molecule has 5 nitrogen and oxygen atoms in total. The van der Waals surface area contributed by atoms with E-state index in [4.69, 9.17) is 0 Å². The zero-order chi connectivity index (χ0) is 15.7. The topological polar surface area (TPSA) is 75.3 Å². The fourth-order valence-electron chi connectivity index (χ4n) is 2.25. The second kappa shape index (κ2) is 5.77. The van der Waals surface area contributed by atoms with Crippen LogP contribution in [0.15, 0.2) is 29.2 Å². The first-order chi connectivity index (χ1) is 9.68. The van der Waals surface area contributed by atoms with Gasteiger partial charge >= 0.3 is 0 Å². The van der Waals surface area contributed by atoms with E-state index in [1.54, 1.807) is 12.1 Å². The van der Waals surface area contributed by atoms with Crippen LogP contribution in [0.25, 0.3) is 0 Å². The van der Waals surface area contributed by atoms with Gasteiger partial charge in [-0.15, -0.1) is 0 Å². The third-order valence-corrected chi connectivity index (χ3v) is 5.15. The molecule has 0 saturated carbocycles. The van der Waals surface area contributed by atoms with E-state index in [1.807, 2.05) is 12.1 Å². The van der Waals surface area contributed by atoms with Crippen LogP contribution in [0, 0.1) is 0 Å². The van der Waals surface area contributed by atoms with E-state index in [1.165, 1.54) is 0 Å². The maximum atomic E-state index is 12.3. The zero-order valence-electron chi connectivity index (χ0n) is 12.6. The molecule has 21 heavy (non-hydrogen) atoms. The van der Waals surface area contributed by atoms with Crippen molar-refractivity contribution in [1.82, 2.24) is 10.0 Å². The largest absolute Gasteiger partial charge is 0.355 e. The Morgan fingerprint density at radius 2 is 1.81 bits per heavy atom. The van der Waals surface area contributed by atoms with Crippen molar-refractivity contribution in [3.8, 4) is 0 Å². The maximum Gasteiger partial charge on any atom is 0.240 e. The molecule has 0 spiro atoms. The summed E-state index contributed by atoms with van der Waals surface area (Å²) in [5.74, 6) is -0.0278. The Kier molecular flexibility index (Phi) is 4.39. The lowest BCUT2D eigenvalue weighted by Crippen LogP contribution is -2.47. The van der Waals surface area contributed by atoms with E-state index in [0.29, 0.717) is 19.4 Å². The molecule has 0 radical (unpaired) electrons. The summed E-state index contributed by atoms with van der Waals surface area (Å²) in [5.41, 5.74) is 1.08. The van der Waals surface area contributed by atoms with Gasteiger partial charge in [-0.25, -0.2) is 13.1 Å². The lowest BCUT2D eigenvalue weighted by atomic mass is 9.87. The summed E-state index contributed by atoms with van der Waals surface area (Å²) >= 11 is 0. The van der Waals surface area contributed by atoms with Crippen LogP contribution >= 0.6 is 0 Å². The van der Waals surface area contributed by atoms with Crippen molar-refractivity contribution in [1.29, 1.82) is 0 Å². The third kappa shape index (κ3) is 4.04. The highest BCUT2D eigenvalue weighted by Crippen LogP contribution is 2.23. The second-order valence-electron chi connectivity index (χ2n) is 6.44. The molecule has 1 aliphatic rings. The minimum absolute atomic E-state index is 0.0105. The molecule has 1 saturated heterocycles. The Balaban J connectivity index is 2.11. The maximum absolute atomic E-state index is 12.3. The van der Waals surface area contributed by atoms with Crippen molar-refractivity contribution in [3.63, 3.8) is 0 Å². The summed E-state index contributed by atoms with van der Waals surface area (Å²) in [6, 6.07) is 6.71. The predicted octanol–water partition coefficient (Wildman–Crippen LogP) is 1.54. The first-order valence-corrected chi connectivity index (χ1v) is 8.56. The van der Waals surface area contributed by atoms with Gasteiger partial charge in [-0.1, -0.05) is 32.9 Å². The molecule has 2 N–H and O–H groups in total. The van der Waals surface area contributed by atoms with Crippen LogP contribution in [0.4, 0.5) is 0 Å². The molecule has 1 amide bonds. The number of benzene rings is 1. The SMILES string of the molecule is CC(C)(C)c1ccc(S(=O)(=O)NC2CCC(=O)NC2)cc1. The normalized spacial score (nSPS) is 20.1. The number of nitrogens with one attached hydrogen (secondary N) is 2. The van der Waals surface area contributed by atoms with Gasteiger partial charge in [-0.3, -0.25) is 4.79 Å². The monoisotopic (exact) mass is 310 g/mol. The van der Waals surface area contributed by atoms with E-state index in [-0.39, 0.29) is 22.3 Å². The van der Waals surface area contributed by atoms with Crippen LogP contribution in [-0.2, 0) is 20.2 Å². The molecule has 1 atom stereocenters. The minimum atomic E-state index is -3.54. The van der Waals surface area contributed by atoms with Crippen LogP contribution in [-0.4, -0.2) is 26.9 Å². The van der Waals surface area contributed by atoms with E-state index < -0.39 is 10.0 Å². The van der Waals surface area contributed by atoms with Crippen LogP contribution in [0.3, 0.4) is 0 Å². The first-order valence-electron chi connectivity index (χ1n) is 7.08. The molecule has 1 aliphatic heterocycles. The molecule has 1 aromatic carbocycles. The van der Waals surface area contributed by atoms with Gasteiger partial charge in [0.2, 0.25) is 15.9 Å². The zero-order valence-corrected chi connectivity index (χ0v) is 13.5. The molecular formula is C15H22N2O3S. The molecule has 1 aromatic rings. The smallest absolute Gasteiger partial charge is 0.240 e. The second-order valence-corrected chi connectivity index (χ2v) is 8.15. The van der Waals surface area contributed by atoms with Gasteiger partial charge in [0.15, 0.2) is 0 Å². The summed E-state index contributed by atoms with van der Waals surface area (Å²) in [6.07, 6.45) is 0.890. The van der Waals surface area contributed by atoms with Crippen LogP contribution < -0.4 is 10.0 Å². The molecule has 6 heteroatoms. The lowest BCUT2D eigenvalue weighted by molar-refractivity contribution is -0.122. The van der Waals surface area contributed by atoms with Crippen molar-refractivity contribution >= 4 is 15.9 Å². The fourth-order valence-corrected chi connectivity index (χ4v) is 3.53. The number of piperidine rings is 1. The van der Waals surface area contributed by atoms with E-state index in [0.717, 1.165) is 5.56 Å². The summed E-state index contributed by atoms with van der Waals surface area (Å²) in [6.45, 7) is 6.59. The van der Waals surface area contributed by atoms with E-state index >= 15 is 0 Å². The average molecular weight is 310 g/mol. The Morgan fingerprint density at radius 1 is 1.19 bits per heavy atom. The van der Waals surface area contributed by atoms with Crippen LogP contribution in [0.2, 0.25) is 0 Å². The number of carbonyl (C=O) groups excluding carboxylic acids is 1. The van der Waals surface area contributed by atoms with Crippen LogP contribution in [0.1, 0.15) is 39.2 Å². The molecule has 116 valence electrons. The fraction of sp³-hybridized carbons (Fsp3) is 0.533. The highest BCUT2D eigenvalue weighted by Gasteiger charge is 2.24. The molecule has 2 rings (SSSR count). The molecule has 1 fully saturated rings. The number of amides is 1. The molecule has 0 aliphatic carbocycles. The number of rotatable bonds is 3. The van der Waals surface area contributed by atoms with Gasteiger partial charge in [-0.05, 0) is 29.5 Å². The molecular weight excluding hydrogens is 288 g/mol. The van der Waals surface area contributed by atoms with Gasteiger partial charge in [0.25, 0.3) is 0 Å². The molecule has 1 unspecified atom stereocenters.